The van der Waals surface area contributed by atoms with Crippen molar-refractivity contribution in [1.82, 2.24) is 15.0 Å². The van der Waals surface area contributed by atoms with Gasteiger partial charge in [0.25, 0.3) is 0 Å². The van der Waals surface area contributed by atoms with Crippen molar-refractivity contribution >= 4 is 5.82 Å². The number of nitrogens with one attached hydrogen (secondary N) is 1. The molecule has 0 saturated heterocycles. The second-order valence-electron chi connectivity index (χ2n) is 3.78. The summed E-state index contributed by atoms with van der Waals surface area (Å²) < 4.78 is 13.6. The number of aromatic nitrogens is 3. The molecule has 2 heterocycles. The summed E-state index contributed by atoms with van der Waals surface area (Å²) in [6, 6.07) is 1.92. The Morgan fingerprint density at radius 3 is 2.88 bits per heavy atom. The Kier molecular flexibility index (Phi) is 3.27. The molecule has 0 radical (unpaired) electrons. The molecule has 17 heavy (non-hydrogen) atoms. The number of anilines is 1. The predicted molar refractivity (Wildman–Crippen MR) is 63.0 cm³/mol. The Bertz CT molecular complexity index is 528. The third kappa shape index (κ3) is 2.55. The van der Waals surface area contributed by atoms with E-state index in [2.05, 4.69) is 20.3 Å². The number of hydrogen-bond donors (Lipinski definition) is 1. The van der Waals surface area contributed by atoms with E-state index in [0.29, 0.717) is 12.2 Å². The third-order valence-electron chi connectivity index (χ3n) is 2.56. The third-order valence-corrected chi connectivity index (χ3v) is 2.56. The van der Waals surface area contributed by atoms with E-state index in [0.717, 1.165) is 11.1 Å². The molecule has 0 aliphatic carbocycles. The molecule has 2 aromatic heterocycles. The van der Waals surface area contributed by atoms with Gasteiger partial charge in [0.2, 0.25) is 0 Å². The quantitative estimate of drug-likeness (QED) is 0.881. The van der Waals surface area contributed by atoms with Crippen molar-refractivity contribution in [3.05, 3.63) is 47.4 Å². The van der Waals surface area contributed by atoms with Crippen LogP contribution in [0.4, 0.5) is 10.2 Å². The maximum atomic E-state index is 13.6. The molecule has 2 aromatic rings. The Morgan fingerprint density at radius 2 is 2.12 bits per heavy atom. The van der Waals surface area contributed by atoms with Gasteiger partial charge in [-0.15, -0.1) is 0 Å². The number of nitrogens with zero attached hydrogens (tertiary/aromatic N) is 3. The van der Waals surface area contributed by atoms with Crippen LogP contribution in [0.1, 0.15) is 16.8 Å². The molecule has 5 heteroatoms. The van der Waals surface area contributed by atoms with E-state index in [1.807, 2.05) is 13.0 Å². The topological polar surface area (TPSA) is 50.7 Å². The van der Waals surface area contributed by atoms with Crippen molar-refractivity contribution < 1.29 is 4.39 Å². The van der Waals surface area contributed by atoms with Gasteiger partial charge in [-0.05, 0) is 31.0 Å². The van der Waals surface area contributed by atoms with Crippen LogP contribution in [0.2, 0.25) is 0 Å². The molecule has 4 nitrogen and oxygen atoms in total. The Labute approximate surface area is 99.0 Å². The molecule has 0 aliphatic rings. The minimum atomic E-state index is -0.408. The van der Waals surface area contributed by atoms with Crippen LogP contribution in [0.3, 0.4) is 0 Å². The van der Waals surface area contributed by atoms with Gasteiger partial charge in [-0.3, -0.25) is 4.98 Å². The first kappa shape index (κ1) is 11.4. The van der Waals surface area contributed by atoms with Crippen molar-refractivity contribution in [3.63, 3.8) is 0 Å². The molecule has 88 valence electrons. The maximum absolute atomic E-state index is 13.6. The summed E-state index contributed by atoms with van der Waals surface area (Å²) in [5.41, 5.74) is 2.47. The van der Waals surface area contributed by atoms with Crippen LogP contribution in [-0.4, -0.2) is 15.0 Å². The number of halogens is 1. The van der Waals surface area contributed by atoms with Gasteiger partial charge in [0.1, 0.15) is 6.33 Å². The minimum absolute atomic E-state index is 0.223. The van der Waals surface area contributed by atoms with Gasteiger partial charge in [0, 0.05) is 18.9 Å². The van der Waals surface area contributed by atoms with Crippen molar-refractivity contribution in [2.24, 2.45) is 0 Å². The number of hydrogen-bond acceptors (Lipinski definition) is 4. The molecule has 0 unspecified atom stereocenters. The van der Waals surface area contributed by atoms with Crippen LogP contribution >= 0.6 is 0 Å². The normalized spacial score (nSPS) is 10.3. The van der Waals surface area contributed by atoms with Crippen molar-refractivity contribution in [1.29, 1.82) is 0 Å². The van der Waals surface area contributed by atoms with E-state index >= 15 is 0 Å². The highest BCUT2D eigenvalue weighted by Crippen LogP contribution is 2.13. The fourth-order valence-corrected chi connectivity index (χ4v) is 1.44. The second kappa shape index (κ2) is 4.86. The predicted octanol–water partition coefficient (Wildman–Crippen LogP) is 2.24. The van der Waals surface area contributed by atoms with Crippen LogP contribution < -0.4 is 5.32 Å². The average molecular weight is 232 g/mol. The van der Waals surface area contributed by atoms with Gasteiger partial charge in [0.15, 0.2) is 11.6 Å². The molecule has 0 saturated carbocycles. The standard InChI is InChI=1S/C12H13FN4/c1-8-3-4-14-5-10(8)6-15-12-11(13)9(2)16-7-17-12/h3-5,7H,6H2,1-2H3,(H,15,16,17). The van der Waals surface area contributed by atoms with Crippen LogP contribution in [0.25, 0.3) is 0 Å². The van der Waals surface area contributed by atoms with Gasteiger partial charge in [-0.25, -0.2) is 14.4 Å². The van der Waals surface area contributed by atoms with Crippen LogP contribution in [0, 0.1) is 19.7 Å². The Balaban J connectivity index is 2.13. The minimum Gasteiger partial charge on any atom is -0.363 e. The van der Waals surface area contributed by atoms with Crippen LogP contribution in [0.5, 0.6) is 0 Å². The molecule has 1 N–H and O–H groups in total. The summed E-state index contributed by atoms with van der Waals surface area (Å²) in [6.07, 6.45) is 4.83. The molecule has 0 amide bonds. The summed E-state index contributed by atoms with van der Waals surface area (Å²) in [5.74, 6) is -0.185. The number of pyridine rings is 1. The van der Waals surface area contributed by atoms with Crippen molar-refractivity contribution in [2.45, 2.75) is 20.4 Å². The van der Waals surface area contributed by atoms with Gasteiger partial charge in [0.05, 0.1) is 5.69 Å². The molecular weight excluding hydrogens is 219 g/mol. The van der Waals surface area contributed by atoms with Crippen LogP contribution in [-0.2, 0) is 6.54 Å². The summed E-state index contributed by atoms with van der Waals surface area (Å²) >= 11 is 0. The largest absolute Gasteiger partial charge is 0.363 e. The smallest absolute Gasteiger partial charge is 0.186 e. The zero-order valence-electron chi connectivity index (χ0n) is 9.74. The Hall–Kier alpha value is -2.04. The lowest BCUT2D eigenvalue weighted by Crippen LogP contribution is -2.06. The van der Waals surface area contributed by atoms with E-state index in [4.69, 9.17) is 0 Å². The number of rotatable bonds is 3. The fraction of sp³-hybridized carbons (Fsp3) is 0.250. The SMILES string of the molecule is Cc1ccncc1CNc1ncnc(C)c1F. The van der Waals surface area contributed by atoms with Gasteiger partial charge < -0.3 is 5.32 Å². The van der Waals surface area contributed by atoms with Crippen LogP contribution in [0.15, 0.2) is 24.8 Å². The highest BCUT2D eigenvalue weighted by Gasteiger charge is 2.07. The van der Waals surface area contributed by atoms with Crippen molar-refractivity contribution in [2.75, 3.05) is 5.32 Å². The van der Waals surface area contributed by atoms with E-state index in [1.165, 1.54) is 6.33 Å². The Morgan fingerprint density at radius 1 is 1.29 bits per heavy atom. The molecule has 2 rings (SSSR count). The molecule has 0 fully saturated rings. The molecule has 0 spiro atoms. The summed E-state index contributed by atoms with van der Waals surface area (Å²) in [4.78, 5) is 11.7. The van der Waals surface area contributed by atoms with E-state index in [-0.39, 0.29) is 5.82 Å². The zero-order chi connectivity index (χ0) is 12.3. The monoisotopic (exact) mass is 232 g/mol. The summed E-state index contributed by atoms with van der Waals surface area (Å²) in [7, 11) is 0. The number of aryl methyl sites for hydroxylation is 2. The summed E-state index contributed by atoms with van der Waals surface area (Å²) in [6.45, 7) is 4.09. The summed E-state index contributed by atoms with van der Waals surface area (Å²) in [5, 5.41) is 2.94. The highest BCUT2D eigenvalue weighted by molar-refractivity contribution is 5.38. The maximum Gasteiger partial charge on any atom is 0.186 e. The first-order valence-electron chi connectivity index (χ1n) is 5.29. The highest BCUT2D eigenvalue weighted by atomic mass is 19.1. The molecular formula is C12H13FN4. The van der Waals surface area contributed by atoms with E-state index in [9.17, 15) is 4.39 Å². The fourth-order valence-electron chi connectivity index (χ4n) is 1.44. The second-order valence-corrected chi connectivity index (χ2v) is 3.78. The van der Waals surface area contributed by atoms with Gasteiger partial charge in [-0.2, -0.15) is 0 Å². The first-order valence-corrected chi connectivity index (χ1v) is 5.29. The average Bonchev–Trinajstić information content (AvgIpc) is 2.33. The lowest BCUT2D eigenvalue weighted by Gasteiger charge is -2.08. The van der Waals surface area contributed by atoms with Gasteiger partial charge >= 0.3 is 0 Å². The lowest BCUT2D eigenvalue weighted by molar-refractivity contribution is 0.604. The molecule has 0 aliphatic heterocycles. The lowest BCUT2D eigenvalue weighted by atomic mass is 10.1. The molecule has 0 bridgehead atoms. The first-order chi connectivity index (χ1) is 8.18. The van der Waals surface area contributed by atoms with Gasteiger partial charge in [-0.1, -0.05) is 0 Å². The van der Waals surface area contributed by atoms with E-state index in [1.54, 1.807) is 19.3 Å². The van der Waals surface area contributed by atoms with Crippen molar-refractivity contribution in [3.8, 4) is 0 Å². The molecule has 0 atom stereocenters. The zero-order valence-corrected chi connectivity index (χ0v) is 9.74. The molecule has 0 aromatic carbocycles. The van der Waals surface area contributed by atoms with E-state index < -0.39 is 5.82 Å².